The molecule has 0 bridgehead atoms. The number of hydrogen-bond donors (Lipinski definition) is 2. The number of methoxy groups -OCH3 is 1. The molecule has 0 spiro atoms. The van der Waals surface area contributed by atoms with Gasteiger partial charge in [0.25, 0.3) is 5.91 Å². The third-order valence-electron chi connectivity index (χ3n) is 5.23. The number of nitrogens with one attached hydrogen (secondary N) is 1. The van der Waals surface area contributed by atoms with Crippen molar-refractivity contribution >= 4 is 51.9 Å². The van der Waals surface area contributed by atoms with E-state index < -0.39 is 11.5 Å². The zero-order chi connectivity index (χ0) is 27.0. The summed E-state index contributed by atoms with van der Waals surface area (Å²) >= 11 is 2.90. The molecule has 4 rings (SSSR count). The second-order valence-electron chi connectivity index (χ2n) is 7.83. The lowest BCUT2D eigenvalue weighted by molar-refractivity contribution is 0.0973. The number of thiophene rings is 2. The summed E-state index contributed by atoms with van der Waals surface area (Å²) in [5, 5.41) is 18.6. The van der Waals surface area contributed by atoms with Crippen molar-refractivity contribution in [3.05, 3.63) is 62.2 Å². The van der Waals surface area contributed by atoms with Crippen LogP contribution in [0.3, 0.4) is 0 Å². The number of guanidine groups is 1. The molecule has 4 heterocycles. The predicted molar refractivity (Wildman–Crippen MR) is 151 cm³/mol. The molecule has 0 unspecified atom stereocenters. The van der Waals surface area contributed by atoms with Crippen molar-refractivity contribution in [3.8, 4) is 5.88 Å². The standard InChI is InChI=1S/C23H24N6O3S2.C3H8/c1-5-25-22(24-3)28-19(30)14-13-15-18(26-20(14)32-4)27-21(29(15)6-2)23(31,16-9-7-11-33-16)17-10-8-12-34-17;1-3-2/h5,7-13,31H,6H2,1-4H3,(H,24,28,30);3H2,1-2H3/b25-5-;. The molecule has 196 valence electrons. The van der Waals surface area contributed by atoms with Crippen molar-refractivity contribution in [1.29, 1.82) is 0 Å². The number of nitrogens with zero attached hydrogens (tertiary/aromatic N) is 5. The first kappa shape index (κ1) is 28.2. The Morgan fingerprint density at radius 3 is 2.27 bits per heavy atom. The van der Waals surface area contributed by atoms with Gasteiger partial charge in [0.2, 0.25) is 11.8 Å². The van der Waals surface area contributed by atoms with Gasteiger partial charge in [-0.25, -0.2) is 9.98 Å². The number of carbonyl (C=O) groups excluding carboxylic acids is 1. The number of rotatable bonds is 6. The number of aryl methyl sites for hydroxylation is 1. The highest BCUT2D eigenvalue weighted by Crippen LogP contribution is 2.42. The number of hydrogen-bond acceptors (Lipinski definition) is 8. The van der Waals surface area contributed by atoms with Crippen LogP contribution in [0.5, 0.6) is 5.88 Å². The topological polar surface area (TPSA) is 114 Å². The Bertz CT molecular complexity index is 1340. The molecule has 0 saturated heterocycles. The monoisotopic (exact) mass is 540 g/mol. The lowest BCUT2D eigenvalue weighted by atomic mass is 9.98. The van der Waals surface area contributed by atoms with E-state index in [0.717, 1.165) is 9.75 Å². The van der Waals surface area contributed by atoms with Crippen molar-refractivity contribution in [2.24, 2.45) is 9.98 Å². The molecule has 0 saturated carbocycles. The van der Waals surface area contributed by atoms with Gasteiger partial charge in [0, 0.05) is 29.6 Å². The molecule has 37 heavy (non-hydrogen) atoms. The fourth-order valence-corrected chi connectivity index (χ4v) is 5.42. The highest BCUT2D eigenvalue weighted by Gasteiger charge is 2.41. The van der Waals surface area contributed by atoms with Crippen molar-refractivity contribution in [3.63, 3.8) is 0 Å². The van der Waals surface area contributed by atoms with Crippen LogP contribution in [0.25, 0.3) is 11.2 Å². The van der Waals surface area contributed by atoms with Gasteiger partial charge in [0.05, 0.1) is 12.6 Å². The SMILES string of the molecule is C/C=N\C(=NC)NC(=O)c1cc2c(nc1OC)nc(C(O)(c1cccs1)c1cccs1)n2CC.CCC. The van der Waals surface area contributed by atoms with Gasteiger partial charge in [0.1, 0.15) is 5.56 Å². The molecule has 0 fully saturated rings. The van der Waals surface area contributed by atoms with Crippen LogP contribution < -0.4 is 10.1 Å². The minimum atomic E-state index is -1.47. The molecule has 0 aliphatic carbocycles. The first-order chi connectivity index (χ1) is 17.9. The Morgan fingerprint density at radius 1 is 1.19 bits per heavy atom. The molecular formula is C26H32N6O3S2. The molecule has 4 aromatic rings. The third-order valence-corrected chi connectivity index (χ3v) is 7.19. The molecule has 0 radical (unpaired) electrons. The van der Waals surface area contributed by atoms with Crippen LogP contribution in [0.15, 0.2) is 51.1 Å². The largest absolute Gasteiger partial charge is 0.480 e. The third kappa shape index (κ3) is 5.63. The molecule has 0 aliphatic rings. The molecule has 2 N–H and O–H groups in total. The number of amides is 1. The smallest absolute Gasteiger partial charge is 0.263 e. The van der Waals surface area contributed by atoms with E-state index in [1.165, 1.54) is 49.5 Å². The Hall–Kier alpha value is -3.41. The maximum atomic E-state index is 13.0. The number of aliphatic imine (C=N–C) groups is 2. The quantitative estimate of drug-likeness (QED) is 0.261. The van der Waals surface area contributed by atoms with E-state index in [1.54, 1.807) is 13.0 Å². The molecule has 11 heteroatoms. The zero-order valence-corrected chi connectivity index (χ0v) is 23.5. The number of carbonyl (C=O) groups is 1. The van der Waals surface area contributed by atoms with Gasteiger partial charge in [-0.2, -0.15) is 4.98 Å². The number of imidazole rings is 1. The van der Waals surface area contributed by atoms with E-state index in [4.69, 9.17) is 9.72 Å². The molecule has 1 amide bonds. The number of ether oxygens (including phenoxy) is 1. The average Bonchev–Trinajstić information content (AvgIpc) is 3.68. The Balaban J connectivity index is 0.00000121. The Kier molecular flexibility index (Phi) is 9.67. The maximum Gasteiger partial charge on any atom is 0.263 e. The van der Waals surface area contributed by atoms with Gasteiger partial charge >= 0.3 is 0 Å². The summed E-state index contributed by atoms with van der Waals surface area (Å²) in [6.07, 6.45) is 2.79. The molecular weight excluding hydrogens is 508 g/mol. The fraction of sp³-hybridized carbons (Fsp3) is 0.346. The summed E-state index contributed by atoms with van der Waals surface area (Å²) in [6.45, 7) is 8.44. The molecule has 0 aliphatic heterocycles. The first-order valence-electron chi connectivity index (χ1n) is 11.9. The van der Waals surface area contributed by atoms with Gasteiger partial charge in [-0.3, -0.25) is 15.1 Å². The van der Waals surface area contributed by atoms with Crippen LogP contribution in [-0.4, -0.2) is 51.9 Å². The van der Waals surface area contributed by atoms with Crippen LogP contribution >= 0.6 is 22.7 Å². The van der Waals surface area contributed by atoms with Crippen LogP contribution in [0.2, 0.25) is 0 Å². The second kappa shape index (κ2) is 12.7. The first-order valence-corrected chi connectivity index (χ1v) is 13.7. The molecule has 0 aromatic carbocycles. The Labute approximate surface area is 224 Å². The predicted octanol–water partition coefficient (Wildman–Crippen LogP) is 5.09. The molecule has 0 atom stereocenters. The second-order valence-corrected chi connectivity index (χ2v) is 9.72. The lowest BCUT2D eigenvalue weighted by Crippen LogP contribution is -2.31. The van der Waals surface area contributed by atoms with Crippen LogP contribution in [0.4, 0.5) is 0 Å². The summed E-state index contributed by atoms with van der Waals surface area (Å²) in [5.41, 5.74) is -0.289. The number of aliphatic hydroxyl groups is 1. The van der Waals surface area contributed by atoms with Crippen molar-refractivity contribution in [2.45, 2.75) is 46.3 Å². The molecule has 4 aromatic heterocycles. The summed E-state index contributed by atoms with van der Waals surface area (Å²) in [7, 11) is 2.98. The van der Waals surface area contributed by atoms with Crippen LogP contribution in [0, 0.1) is 0 Å². The van der Waals surface area contributed by atoms with E-state index in [-0.39, 0.29) is 17.4 Å². The normalized spacial score (nSPS) is 12.0. The van der Waals surface area contributed by atoms with Gasteiger partial charge < -0.3 is 14.4 Å². The minimum Gasteiger partial charge on any atom is -0.480 e. The summed E-state index contributed by atoms with van der Waals surface area (Å²) in [4.78, 5) is 31.8. The summed E-state index contributed by atoms with van der Waals surface area (Å²) in [5.74, 6) is 0.246. The van der Waals surface area contributed by atoms with E-state index in [2.05, 4.69) is 34.1 Å². The fourth-order valence-electron chi connectivity index (χ4n) is 3.69. The van der Waals surface area contributed by atoms with Crippen molar-refractivity contribution < 1.29 is 14.6 Å². The average molecular weight is 541 g/mol. The maximum absolute atomic E-state index is 13.0. The van der Waals surface area contributed by atoms with Crippen LogP contribution in [-0.2, 0) is 12.1 Å². The summed E-state index contributed by atoms with van der Waals surface area (Å²) < 4.78 is 7.28. The number of fused-ring (bicyclic) bond motifs is 1. The van der Waals surface area contributed by atoms with E-state index in [1.807, 2.05) is 46.5 Å². The van der Waals surface area contributed by atoms with E-state index in [9.17, 15) is 9.90 Å². The zero-order valence-electron chi connectivity index (χ0n) is 21.8. The minimum absolute atomic E-state index is 0.115. The van der Waals surface area contributed by atoms with Gasteiger partial charge in [-0.15, -0.1) is 22.7 Å². The summed E-state index contributed by atoms with van der Waals surface area (Å²) in [6, 6.07) is 9.23. The highest BCUT2D eigenvalue weighted by atomic mass is 32.1. The van der Waals surface area contributed by atoms with Gasteiger partial charge in [-0.05, 0) is 42.8 Å². The van der Waals surface area contributed by atoms with E-state index in [0.29, 0.717) is 23.5 Å². The number of pyridine rings is 1. The van der Waals surface area contributed by atoms with Crippen molar-refractivity contribution in [2.75, 3.05) is 14.2 Å². The highest BCUT2D eigenvalue weighted by molar-refractivity contribution is 7.11. The lowest BCUT2D eigenvalue weighted by Gasteiger charge is -2.26. The number of aromatic nitrogens is 3. The van der Waals surface area contributed by atoms with Gasteiger partial charge in [-0.1, -0.05) is 32.4 Å². The Morgan fingerprint density at radius 2 is 1.81 bits per heavy atom. The van der Waals surface area contributed by atoms with Gasteiger partial charge in [0.15, 0.2) is 17.1 Å². The van der Waals surface area contributed by atoms with Crippen molar-refractivity contribution in [1.82, 2.24) is 19.9 Å². The molecule has 9 nitrogen and oxygen atoms in total. The van der Waals surface area contributed by atoms with Crippen LogP contribution in [0.1, 0.15) is 60.1 Å². The van der Waals surface area contributed by atoms with E-state index >= 15 is 0 Å².